The quantitative estimate of drug-likeness (QED) is 0.420. The fourth-order valence-electron chi connectivity index (χ4n) is 5.22. The third-order valence-corrected chi connectivity index (χ3v) is 8.36. The second-order valence-electron chi connectivity index (χ2n) is 12.9. The molecule has 0 bridgehead atoms. The van der Waals surface area contributed by atoms with Gasteiger partial charge in [-0.25, -0.2) is 9.78 Å². The van der Waals surface area contributed by atoms with E-state index in [0.717, 1.165) is 17.9 Å². The van der Waals surface area contributed by atoms with Crippen LogP contribution >= 0.6 is 11.8 Å². The molecule has 2 fully saturated rings. The molecule has 0 aliphatic carbocycles. The minimum atomic E-state index is -4.66. The molecule has 1 atom stereocenters. The van der Waals surface area contributed by atoms with E-state index in [0.29, 0.717) is 46.7 Å². The first-order valence-corrected chi connectivity index (χ1v) is 15.2. The number of carbonyl (C=O) groups excluding carboxylic acids is 2. The monoisotopic (exact) mass is 611 g/mol. The molecule has 2 aromatic rings. The lowest BCUT2D eigenvalue weighted by Gasteiger charge is -2.39. The van der Waals surface area contributed by atoms with Crippen LogP contribution in [-0.4, -0.2) is 72.4 Å². The van der Waals surface area contributed by atoms with E-state index in [1.165, 1.54) is 12.1 Å². The number of anilines is 1. The Morgan fingerprint density at radius 3 is 2.38 bits per heavy atom. The number of nitrogens with zero attached hydrogens (tertiary/aromatic N) is 2. The lowest BCUT2D eigenvalue weighted by molar-refractivity contribution is -0.191. The Kier molecular flexibility index (Phi) is 9.12. The molecule has 2 saturated heterocycles. The second kappa shape index (κ2) is 11.8. The van der Waals surface area contributed by atoms with Gasteiger partial charge < -0.3 is 19.5 Å². The number of pyridine rings is 1. The molecular weight excluding hydrogens is 571 g/mol. The number of aryl methyl sites for hydroxylation is 1. The number of aromatic nitrogens is 1. The molecule has 12 heteroatoms. The number of benzene rings is 1. The summed E-state index contributed by atoms with van der Waals surface area (Å²) in [5.41, 5.74) is 0.389. The molecule has 1 spiro atoms. The highest BCUT2D eigenvalue weighted by Crippen LogP contribution is 2.39. The zero-order valence-electron chi connectivity index (χ0n) is 25.2. The van der Waals surface area contributed by atoms with Crippen molar-refractivity contribution < 1.29 is 37.0 Å². The summed E-state index contributed by atoms with van der Waals surface area (Å²) >= 11 is 1.80. The van der Waals surface area contributed by atoms with Gasteiger partial charge >= 0.3 is 12.3 Å². The van der Waals surface area contributed by atoms with Gasteiger partial charge in [-0.3, -0.25) is 9.69 Å². The summed E-state index contributed by atoms with van der Waals surface area (Å²) in [6.45, 7) is 12.2. The highest BCUT2D eigenvalue weighted by molar-refractivity contribution is 7.99. The molecule has 0 saturated carbocycles. The zero-order valence-corrected chi connectivity index (χ0v) is 26.1. The predicted octanol–water partition coefficient (Wildman–Crippen LogP) is 6.37. The molecule has 1 N–H and O–H groups in total. The van der Waals surface area contributed by atoms with Crippen LogP contribution in [-0.2, 0) is 19.6 Å². The zero-order chi connectivity index (χ0) is 31.1. The molecule has 4 rings (SSSR count). The summed E-state index contributed by atoms with van der Waals surface area (Å²) in [4.78, 5) is 31.6. The number of amides is 2. The Morgan fingerprint density at radius 1 is 1.12 bits per heavy atom. The third-order valence-electron chi connectivity index (χ3n) is 7.23. The topological polar surface area (TPSA) is 90.0 Å². The number of thioether (sulfide) groups is 1. The Labute approximate surface area is 249 Å². The van der Waals surface area contributed by atoms with E-state index in [1.54, 1.807) is 45.5 Å². The van der Waals surface area contributed by atoms with E-state index in [1.807, 2.05) is 20.8 Å². The molecule has 232 valence electrons. The normalized spacial score (nSPS) is 19.2. The number of fused-ring (bicyclic) bond motifs is 1. The fraction of sp³-hybridized carbons (Fsp3) is 0.633. The largest absolute Gasteiger partial charge is 0.443 e. The summed E-state index contributed by atoms with van der Waals surface area (Å²) in [7, 11) is 0. The van der Waals surface area contributed by atoms with E-state index in [4.69, 9.17) is 19.2 Å². The summed E-state index contributed by atoms with van der Waals surface area (Å²) in [6.07, 6.45) is -5.00. The summed E-state index contributed by atoms with van der Waals surface area (Å²) in [6, 6.07) is 4.65. The average Bonchev–Trinajstić information content (AvgIpc) is 3.32. The SMILES string of the molecule is Cc1cc(C(=O)NC[C@@H]2CSCCC23OCCO3)nc2c(C(C)(C)C)cc(N(CC(F)(F)F)C(=O)OC(C)(C)C)cc12. The summed E-state index contributed by atoms with van der Waals surface area (Å²) in [5, 5.41) is 3.53. The molecule has 1 aromatic carbocycles. The molecule has 8 nitrogen and oxygen atoms in total. The lowest BCUT2D eigenvalue weighted by atomic mass is 9.84. The van der Waals surface area contributed by atoms with Crippen LogP contribution in [0.2, 0.25) is 0 Å². The number of nitrogens with one attached hydrogen (secondary N) is 1. The standard InChI is InChI=1S/C30H40F3N3O5S/c1-18-12-23(25(37)34-15-19-16-42-11-8-29(19)39-9-10-40-29)35-24-21(18)13-20(14-22(24)27(2,3)4)36(17-30(31,32)33)26(38)41-28(5,6)7/h12-14,19H,8-11,15-17H2,1-7H3,(H,34,37)/t19-/m1/s1. The number of hydrogen-bond donors (Lipinski definition) is 1. The smallest absolute Gasteiger partial charge is 0.415 e. The maximum atomic E-state index is 13.6. The van der Waals surface area contributed by atoms with E-state index >= 15 is 0 Å². The number of hydrogen-bond acceptors (Lipinski definition) is 7. The van der Waals surface area contributed by atoms with E-state index in [2.05, 4.69) is 5.32 Å². The van der Waals surface area contributed by atoms with Gasteiger partial charge in [0.1, 0.15) is 17.8 Å². The molecule has 2 aliphatic heterocycles. The number of rotatable bonds is 5. The number of halogens is 3. The van der Waals surface area contributed by atoms with Gasteiger partial charge in [-0.2, -0.15) is 24.9 Å². The number of alkyl halides is 3. The van der Waals surface area contributed by atoms with Gasteiger partial charge in [0.2, 0.25) is 0 Å². The third kappa shape index (κ3) is 7.49. The van der Waals surface area contributed by atoms with Crippen molar-refractivity contribution in [2.75, 3.05) is 42.7 Å². The maximum absolute atomic E-state index is 13.6. The van der Waals surface area contributed by atoms with Crippen molar-refractivity contribution in [3.05, 3.63) is 35.0 Å². The van der Waals surface area contributed by atoms with Crippen molar-refractivity contribution in [2.45, 2.75) is 77.9 Å². The van der Waals surface area contributed by atoms with Crippen molar-refractivity contribution >= 4 is 40.4 Å². The van der Waals surface area contributed by atoms with Crippen molar-refractivity contribution in [3.63, 3.8) is 0 Å². The van der Waals surface area contributed by atoms with Crippen LogP contribution < -0.4 is 10.2 Å². The van der Waals surface area contributed by atoms with Crippen LogP contribution in [0.5, 0.6) is 0 Å². The molecular formula is C30H40F3N3O5S. The Morgan fingerprint density at radius 2 is 1.79 bits per heavy atom. The van der Waals surface area contributed by atoms with Gasteiger partial charge in [-0.05, 0) is 68.2 Å². The van der Waals surface area contributed by atoms with Gasteiger partial charge in [0.25, 0.3) is 5.91 Å². The molecule has 3 heterocycles. The highest BCUT2D eigenvalue weighted by atomic mass is 32.2. The molecule has 42 heavy (non-hydrogen) atoms. The van der Waals surface area contributed by atoms with Crippen LogP contribution in [0.3, 0.4) is 0 Å². The molecule has 1 aromatic heterocycles. The first kappa shape index (κ1) is 32.3. The van der Waals surface area contributed by atoms with Crippen molar-refractivity contribution in [3.8, 4) is 0 Å². The molecule has 2 aliphatic rings. The highest BCUT2D eigenvalue weighted by Gasteiger charge is 2.46. The first-order chi connectivity index (χ1) is 19.4. The Balaban J connectivity index is 1.70. The van der Waals surface area contributed by atoms with Gasteiger partial charge in [-0.15, -0.1) is 0 Å². The Bertz CT molecular complexity index is 1330. The van der Waals surface area contributed by atoms with E-state index < -0.39 is 35.6 Å². The molecule has 0 radical (unpaired) electrons. The van der Waals surface area contributed by atoms with Gasteiger partial charge in [0.15, 0.2) is 5.79 Å². The summed E-state index contributed by atoms with van der Waals surface area (Å²) < 4.78 is 58.1. The summed E-state index contributed by atoms with van der Waals surface area (Å²) in [5.74, 6) is 0.691. The van der Waals surface area contributed by atoms with Crippen LogP contribution in [0, 0.1) is 12.8 Å². The average molecular weight is 612 g/mol. The van der Waals surface area contributed by atoms with Crippen molar-refractivity contribution in [1.29, 1.82) is 0 Å². The van der Waals surface area contributed by atoms with Crippen LogP contribution in [0.25, 0.3) is 10.9 Å². The fourth-order valence-corrected chi connectivity index (χ4v) is 6.47. The minimum absolute atomic E-state index is 0.00980. The van der Waals surface area contributed by atoms with E-state index in [9.17, 15) is 22.8 Å². The van der Waals surface area contributed by atoms with E-state index in [-0.39, 0.29) is 23.2 Å². The van der Waals surface area contributed by atoms with Crippen LogP contribution in [0.4, 0.5) is 23.7 Å². The van der Waals surface area contributed by atoms with Crippen molar-refractivity contribution in [1.82, 2.24) is 10.3 Å². The maximum Gasteiger partial charge on any atom is 0.415 e. The minimum Gasteiger partial charge on any atom is -0.443 e. The number of ether oxygens (including phenoxy) is 3. The predicted molar refractivity (Wildman–Crippen MR) is 157 cm³/mol. The first-order valence-electron chi connectivity index (χ1n) is 14.1. The van der Waals surface area contributed by atoms with Crippen LogP contribution in [0.15, 0.2) is 18.2 Å². The second-order valence-corrected chi connectivity index (χ2v) is 14.0. The van der Waals surface area contributed by atoms with Gasteiger partial charge in [-0.1, -0.05) is 20.8 Å². The molecule has 2 amide bonds. The number of carbonyl (C=O) groups is 2. The molecule has 0 unspecified atom stereocenters. The van der Waals surface area contributed by atoms with Gasteiger partial charge in [0, 0.05) is 35.7 Å². The Hall–Kier alpha value is -2.57. The van der Waals surface area contributed by atoms with Crippen molar-refractivity contribution in [2.24, 2.45) is 5.92 Å². The van der Waals surface area contributed by atoms with Gasteiger partial charge in [0.05, 0.1) is 18.7 Å². The van der Waals surface area contributed by atoms with Crippen LogP contribution in [0.1, 0.15) is 69.6 Å². The lowest BCUT2D eigenvalue weighted by Crippen LogP contribution is -2.49.